The van der Waals surface area contributed by atoms with Gasteiger partial charge in [-0.3, -0.25) is 4.79 Å². The molecule has 0 heterocycles. The number of rotatable bonds is 9. The van der Waals surface area contributed by atoms with Crippen LogP contribution < -0.4 is 16.0 Å². The number of aliphatic imine (C=N–C) groups is 1. The van der Waals surface area contributed by atoms with Crippen LogP contribution >= 0.6 is 11.8 Å². The Labute approximate surface area is 143 Å². The first kappa shape index (κ1) is 19.4. The molecule has 23 heavy (non-hydrogen) atoms. The molecule has 6 heteroatoms. The summed E-state index contributed by atoms with van der Waals surface area (Å²) in [7, 11) is 0. The third-order valence-electron chi connectivity index (χ3n) is 3.08. The van der Waals surface area contributed by atoms with Crippen LogP contribution in [-0.4, -0.2) is 37.0 Å². The van der Waals surface area contributed by atoms with Gasteiger partial charge in [-0.15, -0.1) is 0 Å². The van der Waals surface area contributed by atoms with Crippen LogP contribution in [0.15, 0.2) is 29.3 Å². The second kappa shape index (κ2) is 11.8. The van der Waals surface area contributed by atoms with Crippen molar-refractivity contribution in [2.45, 2.75) is 33.2 Å². The summed E-state index contributed by atoms with van der Waals surface area (Å²) in [6.45, 7) is 6.40. The number of benzene rings is 1. The molecule has 0 bridgehead atoms. The minimum atomic E-state index is 0.0608. The van der Waals surface area contributed by atoms with Crippen molar-refractivity contribution in [3.05, 3.63) is 29.8 Å². The first-order chi connectivity index (χ1) is 11.2. The molecule has 0 fully saturated rings. The second-order valence-electron chi connectivity index (χ2n) is 5.11. The molecule has 0 atom stereocenters. The van der Waals surface area contributed by atoms with E-state index in [-0.39, 0.29) is 5.91 Å². The highest BCUT2D eigenvalue weighted by atomic mass is 32.2. The zero-order chi connectivity index (χ0) is 16.9. The van der Waals surface area contributed by atoms with E-state index in [2.05, 4.69) is 34.1 Å². The highest BCUT2D eigenvalue weighted by molar-refractivity contribution is 7.98. The molecule has 0 saturated carbocycles. The quantitative estimate of drug-likeness (QED) is 0.369. The summed E-state index contributed by atoms with van der Waals surface area (Å²) >= 11 is 1.81. The predicted molar refractivity (Wildman–Crippen MR) is 101 cm³/mol. The second-order valence-corrected chi connectivity index (χ2v) is 6.10. The number of hydrogen-bond acceptors (Lipinski definition) is 3. The van der Waals surface area contributed by atoms with Crippen LogP contribution in [0.5, 0.6) is 0 Å². The van der Waals surface area contributed by atoms with Crippen LogP contribution in [0.3, 0.4) is 0 Å². The smallest absolute Gasteiger partial charge is 0.224 e. The number of guanidine groups is 1. The number of nitrogens with zero attached hydrogens (tertiary/aromatic N) is 1. The molecule has 5 nitrogen and oxygen atoms in total. The molecule has 1 rings (SSSR count). The molecular weight excluding hydrogens is 308 g/mol. The topological polar surface area (TPSA) is 65.5 Å². The monoisotopic (exact) mass is 336 g/mol. The van der Waals surface area contributed by atoms with E-state index in [1.807, 2.05) is 31.2 Å². The Morgan fingerprint density at radius 3 is 2.52 bits per heavy atom. The van der Waals surface area contributed by atoms with E-state index < -0.39 is 0 Å². The number of thioether (sulfide) groups is 1. The van der Waals surface area contributed by atoms with Gasteiger partial charge in [-0.25, -0.2) is 4.99 Å². The fraction of sp³-hybridized carbons (Fsp3) is 0.529. The van der Waals surface area contributed by atoms with E-state index in [4.69, 9.17) is 0 Å². The van der Waals surface area contributed by atoms with Gasteiger partial charge in [-0.05, 0) is 37.3 Å². The molecular formula is C17H28N4OS. The molecule has 0 aliphatic carbocycles. The van der Waals surface area contributed by atoms with Crippen molar-refractivity contribution < 1.29 is 4.79 Å². The Hall–Kier alpha value is -1.69. The van der Waals surface area contributed by atoms with Gasteiger partial charge in [0.15, 0.2) is 5.96 Å². The Morgan fingerprint density at radius 2 is 1.91 bits per heavy atom. The predicted octanol–water partition coefficient (Wildman–Crippen LogP) is 2.84. The van der Waals surface area contributed by atoms with E-state index in [0.717, 1.165) is 42.5 Å². The van der Waals surface area contributed by atoms with Gasteiger partial charge >= 0.3 is 0 Å². The molecule has 0 radical (unpaired) electrons. The highest BCUT2D eigenvalue weighted by Crippen LogP contribution is 2.11. The first-order valence-corrected chi connectivity index (χ1v) is 9.48. The van der Waals surface area contributed by atoms with Gasteiger partial charge in [0.25, 0.3) is 0 Å². The summed E-state index contributed by atoms with van der Waals surface area (Å²) in [5.41, 5.74) is 1.95. The van der Waals surface area contributed by atoms with Crippen LogP contribution in [0, 0.1) is 0 Å². The number of carbonyl (C=O) groups is 1. The van der Waals surface area contributed by atoms with Crippen molar-refractivity contribution in [3.8, 4) is 0 Å². The zero-order valence-electron chi connectivity index (χ0n) is 14.3. The Morgan fingerprint density at radius 1 is 1.17 bits per heavy atom. The molecule has 128 valence electrons. The summed E-state index contributed by atoms with van der Waals surface area (Å²) in [4.78, 5) is 16.1. The molecule has 0 aliphatic rings. The minimum Gasteiger partial charge on any atom is -0.357 e. The number of nitrogens with one attached hydrogen (secondary N) is 3. The van der Waals surface area contributed by atoms with Crippen LogP contribution in [0.4, 0.5) is 5.69 Å². The Balaban J connectivity index is 2.54. The molecule has 0 aromatic heterocycles. The maximum absolute atomic E-state index is 11.6. The molecule has 1 aromatic rings. The Kier molecular flexibility index (Phi) is 9.95. The van der Waals surface area contributed by atoms with Crippen LogP contribution in [0.25, 0.3) is 0 Å². The van der Waals surface area contributed by atoms with Crippen molar-refractivity contribution in [1.29, 1.82) is 0 Å². The van der Waals surface area contributed by atoms with Crippen molar-refractivity contribution in [2.75, 3.05) is 30.4 Å². The van der Waals surface area contributed by atoms with E-state index >= 15 is 0 Å². The fourth-order valence-corrected chi connectivity index (χ4v) is 2.23. The zero-order valence-corrected chi connectivity index (χ0v) is 15.1. The van der Waals surface area contributed by atoms with Crippen LogP contribution in [-0.2, 0) is 11.3 Å². The van der Waals surface area contributed by atoms with Gasteiger partial charge in [-0.1, -0.05) is 19.1 Å². The summed E-state index contributed by atoms with van der Waals surface area (Å²) in [6.07, 6.45) is 3.50. The van der Waals surface area contributed by atoms with E-state index in [9.17, 15) is 4.79 Å². The third kappa shape index (κ3) is 8.50. The molecule has 0 aliphatic heterocycles. The van der Waals surface area contributed by atoms with Crippen LogP contribution in [0.2, 0.25) is 0 Å². The molecule has 3 N–H and O–H groups in total. The van der Waals surface area contributed by atoms with Crippen molar-refractivity contribution in [3.63, 3.8) is 0 Å². The standard InChI is InChI=1S/C17H28N4OS/c1-4-6-16(22)21-15-9-7-14(8-10-15)13-20-17(18-5-2)19-11-12-23-3/h7-10H,4-6,11-13H2,1-3H3,(H,21,22)(H2,18,19,20). The molecule has 0 unspecified atom stereocenters. The maximum atomic E-state index is 11.6. The summed E-state index contributed by atoms with van der Waals surface area (Å²) in [5.74, 6) is 1.95. The lowest BCUT2D eigenvalue weighted by molar-refractivity contribution is -0.116. The summed E-state index contributed by atoms with van der Waals surface area (Å²) < 4.78 is 0. The largest absolute Gasteiger partial charge is 0.357 e. The van der Waals surface area contributed by atoms with Crippen molar-refractivity contribution >= 4 is 29.3 Å². The third-order valence-corrected chi connectivity index (χ3v) is 3.69. The van der Waals surface area contributed by atoms with Gasteiger partial charge < -0.3 is 16.0 Å². The highest BCUT2D eigenvalue weighted by Gasteiger charge is 2.01. The first-order valence-electron chi connectivity index (χ1n) is 8.09. The lowest BCUT2D eigenvalue weighted by Gasteiger charge is -2.10. The number of amides is 1. The number of hydrogen-bond donors (Lipinski definition) is 3. The van der Waals surface area contributed by atoms with Gasteiger partial charge in [-0.2, -0.15) is 11.8 Å². The van der Waals surface area contributed by atoms with E-state index in [1.54, 1.807) is 11.8 Å². The lowest BCUT2D eigenvalue weighted by Crippen LogP contribution is -2.38. The molecule has 0 saturated heterocycles. The molecule has 1 aromatic carbocycles. The van der Waals surface area contributed by atoms with Gasteiger partial charge in [0, 0.05) is 31.0 Å². The average Bonchev–Trinajstić information content (AvgIpc) is 2.54. The summed E-state index contributed by atoms with van der Waals surface area (Å²) in [6, 6.07) is 7.84. The van der Waals surface area contributed by atoms with Crippen LogP contribution in [0.1, 0.15) is 32.3 Å². The maximum Gasteiger partial charge on any atom is 0.224 e. The van der Waals surface area contributed by atoms with Gasteiger partial charge in [0.05, 0.1) is 6.54 Å². The van der Waals surface area contributed by atoms with Crippen molar-refractivity contribution in [2.24, 2.45) is 4.99 Å². The molecule has 1 amide bonds. The fourth-order valence-electron chi connectivity index (χ4n) is 1.93. The average molecular weight is 337 g/mol. The van der Waals surface area contributed by atoms with Gasteiger partial charge in [0.1, 0.15) is 0 Å². The van der Waals surface area contributed by atoms with E-state index in [1.165, 1.54) is 0 Å². The number of anilines is 1. The number of carbonyl (C=O) groups excluding carboxylic acids is 1. The Bertz CT molecular complexity index is 488. The lowest BCUT2D eigenvalue weighted by atomic mass is 10.2. The SMILES string of the molecule is CCCC(=O)Nc1ccc(CN=C(NCC)NCCSC)cc1. The van der Waals surface area contributed by atoms with Crippen molar-refractivity contribution in [1.82, 2.24) is 10.6 Å². The summed E-state index contributed by atoms with van der Waals surface area (Å²) in [5, 5.41) is 9.43. The normalized spacial score (nSPS) is 11.2. The van der Waals surface area contributed by atoms with Gasteiger partial charge in [0.2, 0.25) is 5.91 Å². The minimum absolute atomic E-state index is 0.0608. The van der Waals surface area contributed by atoms with E-state index in [0.29, 0.717) is 13.0 Å². The molecule has 0 spiro atoms.